The normalized spacial score (nSPS) is 21.4. The van der Waals surface area contributed by atoms with Gasteiger partial charge >= 0.3 is 28.5 Å². The summed E-state index contributed by atoms with van der Waals surface area (Å²) >= 11 is 0. The number of fused-ring (bicyclic) bond motifs is 2. The van der Waals surface area contributed by atoms with Gasteiger partial charge in [0.1, 0.15) is 0 Å². The van der Waals surface area contributed by atoms with Crippen molar-refractivity contribution < 1.29 is 51.6 Å². The zero-order valence-electron chi connectivity index (χ0n) is 62.3. The Morgan fingerprint density at radius 3 is 0.884 bits per heavy atom. The van der Waals surface area contributed by atoms with Gasteiger partial charge in [0.25, 0.3) is 17.7 Å². The molecule has 0 N–H and O–H groups in total. The minimum absolute atomic E-state index is 0.0309. The highest BCUT2D eigenvalue weighted by atomic mass is 16.7. The highest BCUT2D eigenvalue weighted by Gasteiger charge is 2.59. The van der Waals surface area contributed by atoms with E-state index in [1.807, 2.05) is 55.4 Å². The van der Waals surface area contributed by atoms with Crippen molar-refractivity contribution in [2.24, 2.45) is 0 Å². The summed E-state index contributed by atoms with van der Waals surface area (Å²) < 4.78 is 57.6. The molecule has 516 valence electrons. The first-order chi connectivity index (χ1) is 44.7. The predicted octanol–water partition coefficient (Wildman–Crippen LogP) is 16.7. The van der Waals surface area contributed by atoms with Gasteiger partial charge in [-0.25, -0.2) is 0 Å². The second kappa shape index (κ2) is 27.1. The second-order valence-corrected chi connectivity index (χ2v) is 33.5. The highest BCUT2D eigenvalue weighted by molar-refractivity contribution is 6.70. The molecule has 4 fully saturated rings. The number of imide groups is 1. The van der Waals surface area contributed by atoms with Crippen molar-refractivity contribution in [3.8, 4) is 0 Å². The second-order valence-electron chi connectivity index (χ2n) is 33.5. The van der Waals surface area contributed by atoms with Crippen molar-refractivity contribution in [2.75, 3.05) is 0 Å². The number of hydrogen-bond donors (Lipinski definition) is 0. The summed E-state index contributed by atoms with van der Waals surface area (Å²) in [4.78, 5) is 54.3. The standard InChI is InChI=1S/C78H116B4N2O11/c1-21-25-29-33-37-41-50(42-38-34-30-26-22-2)83-49-56-57(79-88-71(5,6)72(7,8)89-79)45-52-54-47-59(81-92-75(13,14)76(15,16)93-81)65-67-62(54)55(53-46-58(64(68(83)85)63(56)61(52)53)80-90-73(9,10)74(11,12)91-80)48-60(82-94-77(17,18)78(19,20)95-82)66(67)70(87)84(69(65)86)51(43-39-35-31-27-23-3)44-40-36-32-28-24-4/h45-48,50-51H,21-44,49H2,1-20H3. The Hall–Kier alpha value is -4.05. The molecule has 0 unspecified atom stereocenters. The predicted molar refractivity (Wildman–Crippen MR) is 392 cm³/mol. The lowest BCUT2D eigenvalue weighted by Gasteiger charge is -2.39. The van der Waals surface area contributed by atoms with Crippen LogP contribution in [0.4, 0.5) is 0 Å². The lowest BCUT2D eigenvalue weighted by molar-refractivity contribution is 0.00578. The SMILES string of the molecule is CCCCCCCC(CCCCCCC)N1Cc2c(B3OC(C)(C)C(C)(C)O3)cc3c4cc(B5OC(C)(C)C(C)(C)O5)c5c6c(c(B7OC(C)(C)C(C)(C)O7)cc(c7cc(B8OC(C)(C)C(C)(C)O8)c(c2c37)C1=O)c64)C(=O)N(C(CCCCCCC)CCCCCCC)C5=O. The maximum Gasteiger partial charge on any atom is 0.495 e. The van der Waals surface area contributed by atoms with Crippen molar-refractivity contribution >= 4 is 111 Å². The Morgan fingerprint density at radius 2 is 0.579 bits per heavy atom. The van der Waals surface area contributed by atoms with Crippen molar-refractivity contribution in [3.63, 3.8) is 0 Å². The third kappa shape index (κ3) is 12.9. The van der Waals surface area contributed by atoms with Crippen LogP contribution in [0.15, 0.2) is 24.3 Å². The number of rotatable bonds is 30. The van der Waals surface area contributed by atoms with Crippen molar-refractivity contribution in [1.82, 2.24) is 9.80 Å². The fourth-order valence-corrected chi connectivity index (χ4v) is 15.9. The van der Waals surface area contributed by atoms with E-state index in [0.717, 1.165) is 164 Å². The smallest absolute Gasteiger partial charge is 0.399 e. The van der Waals surface area contributed by atoms with Crippen molar-refractivity contribution in [1.29, 1.82) is 0 Å². The van der Waals surface area contributed by atoms with Crippen LogP contribution < -0.4 is 21.9 Å². The lowest BCUT2D eigenvalue weighted by atomic mass is 9.64. The summed E-state index contributed by atoms with van der Waals surface area (Å²) in [5.41, 5.74) is -1.21. The topological polar surface area (TPSA) is 132 Å². The summed E-state index contributed by atoms with van der Waals surface area (Å²) in [6, 6.07) is 8.30. The van der Waals surface area contributed by atoms with E-state index in [1.54, 1.807) is 4.90 Å². The third-order valence-electron chi connectivity index (χ3n) is 24.7. The fourth-order valence-electron chi connectivity index (χ4n) is 15.9. The maximum absolute atomic E-state index is 16.8. The maximum atomic E-state index is 16.8. The molecule has 6 heterocycles. The number of benzene rings is 5. The molecule has 0 atom stereocenters. The van der Waals surface area contributed by atoms with Gasteiger partial charge in [-0.3, -0.25) is 19.3 Å². The van der Waals surface area contributed by atoms with Crippen molar-refractivity contribution in [3.05, 3.63) is 46.5 Å². The molecular formula is C78H116B4N2O11. The van der Waals surface area contributed by atoms with Crippen LogP contribution in [-0.2, 0) is 43.8 Å². The van der Waals surface area contributed by atoms with Gasteiger partial charge in [-0.1, -0.05) is 180 Å². The van der Waals surface area contributed by atoms with Crippen LogP contribution >= 0.6 is 0 Å². The summed E-state index contributed by atoms with van der Waals surface area (Å²) in [5, 5.41) is 6.23. The molecule has 13 nitrogen and oxygen atoms in total. The number of carbonyl (C=O) groups excluding carboxylic acids is 3. The summed E-state index contributed by atoms with van der Waals surface area (Å²) in [6.07, 6.45) is 25.1. The first-order valence-electron chi connectivity index (χ1n) is 37.7. The molecule has 5 aromatic rings. The van der Waals surface area contributed by atoms with Gasteiger partial charge in [0.2, 0.25) is 0 Å². The average molecular weight is 1300 g/mol. The molecule has 6 aliphatic heterocycles. The fraction of sp³-hybridized carbons (Fsp3) is 0.705. The molecule has 11 rings (SSSR count). The third-order valence-corrected chi connectivity index (χ3v) is 24.7. The van der Waals surface area contributed by atoms with Crippen molar-refractivity contribution in [2.45, 2.75) is 356 Å². The van der Waals surface area contributed by atoms with E-state index in [-0.39, 0.29) is 29.8 Å². The summed E-state index contributed by atoms with van der Waals surface area (Å²) in [5.74, 6) is -0.720. The molecule has 0 aliphatic carbocycles. The molecular weight excluding hydrogens is 1180 g/mol. The van der Waals surface area contributed by atoms with E-state index >= 15 is 14.4 Å². The number of carbonyl (C=O) groups is 3. The van der Waals surface area contributed by atoms with E-state index in [0.29, 0.717) is 57.9 Å². The van der Waals surface area contributed by atoms with Gasteiger partial charge in [-0.05, 0) is 202 Å². The van der Waals surface area contributed by atoms with Gasteiger partial charge in [0.05, 0.1) is 44.8 Å². The largest absolute Gasteiger partial charge is 0.495 e. The van der Waals surface area contributed by atoms with E-state index in [1.165, 1.54) is 25.7 Å². The van der Waals surface area contributed by atoms with Crippen LogP contribution in [0.1, 0.15) is 329 Å². The molecule has 0 saturated carbocycles. The molecule has 3 amide bonds. The van der Waals surface area contributed by atoms with Gasteiger partial charge in [0, 0.05) is 40.7 Å². The van der Waals surface area contributed by atoms with Crippen LogP contribution in [0.5, 0.6) is 0 Å². The average Bonchev–Trinajstić information content (AvgIpc) is 1.26. The lowest BCUT2D eigenvalue weighted by Crippen LogP contribution is -2.53. The molecule has 0 radical (unpaired) electrons. The van der Waals surface area contributed by atoms with E-state index in [4.69, 9.17) is 37.2 Å². The first kappa shape index (κ1) is 72.2. The molecule has 17 heteroatoms. The molecule has 95 heavy (non-hydrogen) atoms. The molecule has 0 bridgehead atoms. The monoisotopic (exact) mass is 1300 g/mol. The minimum atomic E-state index is -1.01. The quantitative estimate of drug-likeness (QED) is 0.0143. The molecule has 4 saturated heterocycles. The first-order valence-corrected chi connectivity index (χ1v) is 37.7. The molecule has 5 aromatic carbocycles. The van der Waals surface area contributed by atoms with Crippen LogP contribution in [0.3, 0.4) is 0 Å². The number of hydrogen-bond acceptors (Lipinski definition) is 11. The Morgan fingerprint density at radius 1 is 0.326 bits per heavy atom. The van der Waals surface area contributed by atoms with E-state index in [9.17, 15) is 0 Å². The summed E-state index contributed by atoms with van der Waals surface area (Å²) in [6.45, 7) is 42.4. The molecule has 6 aliphatic rings. The van der Waals surface area contributed by atoms with Crippen LogP contribution in [0, 0.1) is 0 Å². The van der Waals surface area contributed by atoms with E-state index in [2.05, 4.69) is 112 Å². The van der Waals surface area contributed by atoms with Gasteiger partial charge in [0.15, 0.2) is 0 Å². The molecule has 0 aromatic heterocycles. The van der Waals surface area contributed by atoms with Crippen LogP contribution in [0.25, 0.3) is 43.1 Å². The van der Waals surface area contributed by atoms with Gasteiger partial charge in [-0.2, -0.15) is 0 Å². The highest BCUT2D eigenvalue weighted by Crippen LogP contribution is 2.50. The van der Waals surface area contributed by atoms with Crippen LogP contribution in [0.2, 0.25) is 0 Å². The van der Waals surface area contributed by atoms with Crippen LogP contribution in [-0.4, -0.2) is 113 Å². The number of nitrogens with zero attached hydrogens (tertiary/aromatic N) is 2. The van der Waals surface area contributed by atoms with Gasteiger partial charge < -0.3 is 42.1 Å². The Labute approximate surface area is 572 Å². The zero-order valence-corrected chi connectivity index (χ0v) is 62.3. The Bertz CT molecular complexity index is 3480. The minimum Gasteiger partial charge on any atom is -0.399 e. The Kier molecular flexibility index (Phi) is 20.6. The zero-order chi connectivity index (χ0) is 68.8. The summed E-state index contributed by atoms with van der Waals surface area (Å²) in [7, 11) is -3.80. The number of amides is 3. The molecule has 0 spiro atoms. The Balaban J connectivity index is 1.27. The van der Waals surface area contributed by atoms with Gasteiger partial charge in [-0.15, -0.1) is 0 Å². The number of unbranched alkanes of at least 4 members (excludes halogenated alkanes) is 16. The van der Waals surface area contributed by atoms with E-state index < -0.39 is 73.3 Å².